The third-order valence-corrected chi connectivity index (χ3v) is 6.03. The number of ether oxygens (including phenoxy) is 1. The molecule has 1 aliphatic rings. The minimum absolute atomic E-state index is 0.0397. The molecule has 0 spiro atoms. The average molecular weight is 499 g/mol. The smallest absolute Gasteiger partial charge is 0.407 e. The summed E-state index contributed by atoms with van der Waals surface area (Å²) in [6.07, 6.45) is 1.59. The van der Waals surface area contributed by atoms with E-state index in [2.05, 4.69) is 20.7 Å². The number of nitrogens with zero attached hydrogens (tertiary/aromatic N) is 6. The highest BCUT2D eigenvalue weighted by Gasteiger charge is 2.36. The van der Waals surface area contributed by atoms with Crippen molar-refractivity contribution in [2.45, 2.75) is 51.2 Å². The van der Waals surface area contributed by atoms with Gasteiger partial charge in [-0.2, -0.15) is 4.80 Å². The molecule has 0 saturated heterocycles. The van der Waals surface area contributed by atoms with Crippen molar-refractivity contribution in [3.63, 3.8) is 0 Å². The van der Waals surface area contributed by atoms with Gasteiger partial charge in [-0.3, -0.25) is 0 Å². The Bertz CT molecular complexity index is 1470. The lowest BCUT2D eigenvalue weighted by Gasteiger charge is -2.33. The highest BCUT2D eigenvalue weighted by Crippen LogP contribution is 2.36. The summed E-state index contributed by atoms with van der Waals surface area (Å²) in [5.41, 5.74) is 2.00. The number of amides is 1. The fraction of sp³-hybridized carbons (Fsp3) is 0.375. The van der Waals surface area contributed by atoms with Gasteiger partial charge in [0.15, 0.2) is 11.6 Å². The Morgan fingerprint density at radius 1 is 1.11 bits per heavy atom. The number of hydrogen-bond acceptors (Lipinski definition) is 6. The number of nitrogens with one attached hydrogen (secondary N) is 1. The fourth-order valence-electron chi connectivity index (χ4n) is 4.52. The minimum Gasteiger partial charge on any atom is -0.444 e. The van der Waals surface area contributed by atoms with Gasteiger partial charge in [0.1, 0.15) is 17.1 Å². The third-order valence-electron chi connectivity index (χ3n) is 6.03. The van der Waals surface area contributed by atoms with Gasteiger partial charge in [0, 0.05) is 48.3 Å². The van der Waals surface area contributed by atoms with Crippen molar-refractivity contribution in [3.05, 3.63) is 64.9 Å². The predicted molar refractivity (Wildman–Crippen MR) is 123 cm³/mol. The van der Waals surface area contributed by atoms with E-state index in [1.165, 1.54) is 4.80 Å². The number of aromatic nitrogens is 6. The predicted octanol–water partition coefficient (Wildman–Crippen LogP) is 3.72. The lowest BCUT2D eigenvalue weighted by molar-refractivity contribution is 0.0493. The Balaban J connectivity index is 1.55. The van der Waals surface area contributed by atoms with E-state index in [-0.39, 0.29) is 18.4 Å². The SMILES string of the molecule is Cn1nnc(-c2ccn3c4c(nc3c2)CC(c2cc(F)c(F)cc2F)C(NC(=O)OC(C)(C)C)C4)n1. The van der Waals surface area contributed by atoms with Gasteiger partial charge in [0.2, 0.25) is 5.82 Å². The van der Waals surface area contributed by atoms with Gasteiger partial charge in [-0.1, -0.05) is 0 Å². The van der Waals surface area contributed by atoms with Crippen LogP contribution >= 0.6 is 0 Å². The zero-order valence-corrected chi connectivity index (χ0v) is 20.1. The first-order chi connectivity index (χ1) is 17.0. The molecule has 0 fully saturated rings. The first-order valence-corrected chi connectivity index (χ1v) is 11.4. The van der Waals surface area contributed by atoms with E-state index in [9.17, 15) is 18.0 Å². The molecule has 188 valence electrons. The molecule has 0 radical (unpaired) electrons. The first kappa shape index (κ1) is 23.8. The normalized spacial score (nSPS) is 17.8. The maximum Gasteiger partial charge on any atom is 0.407 e. The molecule has 0 aliphatic heterocycles. The molecule has 2 atom stereocenters. The molecule has 3 heterocycles. The zero-order valence-electron chi connectivity index (χ0n) is 20.1. The molecule has 0 bridgehead atoms. The van der Waals surface area contributed by atoms with Crippen molar-refractivity contribution in [1.29, 1.82) is 0 Å². The second-order valence-electron chi connectivity index (χ2n) is 9.81. The van der Waals surface area contributed by atoms with Crippen molar-refractivity contribution >= 4 is 11.7 Å². The van der Waals surface area contributed by atoms with E-state index in [1.54, 1.807) is 33.9 Å². The lowest BCUT2D eigenvalue weighted by Crippen LogP contribution is -2.46. The van der Waals surface area contributed by atoms with Crippen LogP contribution in [0.1, 0.15) is 43.6 Å². The van der Waals surface area contributed by atoms with Crippen LogP contribution in [-0.4, -0.2) is 47.3 Å². The summed E-state index contributed by atoms with van der Waals surface area (Å²) in [6, 6.07) is 4.34. The number of fused-ring (bicyclic) bond motifs is 3. The molecule has 1 aliphatic carbocycles. The fourth-order valence-corrected chi connectivity index (χ4v) is 4.52. The van der Waals surface area contributed by atoms with Gasteiger partial charge in [0.05, 0.1) is 12.7 Å². The molecule has 3 aromatic heterocycles. The molecule has 1 aromatic carbocycles. The summed E-state index contributed by atoms with van der Waals surface area (Å²) in [5.74, 6) is -3.59. The standard InChI is InChI=1S/C24H24F3N7O2/c1-24(2,3)36-23(35)29-18-11-20-19(9-14(18)13-8-16(26)17(27)10-15(13)25)28-21-7-12(5-6-34(20)21)22-30-32-33(4)31-22/h5-8,10,14,18H,9,11H2,1-4H3,(H,29,35). The summed E-state index contributed by atoms with van der Waals surface area (Å²) in [7, 11) is 1.67. The van der Waals surface area contributed by atoms with E-state index >= 15 is 0 Å². The number of tetrazole rings is 1. The number of rotatable bonds is 3. The minimum atomic E-state index is -1.28. The molecule has 36 heavy (non-hydrogen) atoms. The Kier molecular flexibility index (Phi) is 5.68. The van der Waals surface area contributed by atoms with Crippen LogP contribution in [0.2, 0.25) is 0 Å². The summed E-state index contributed by atoms with van der Waals surface area (Å²) in [5, 5.41) is 14.9. The van der Waals surface area contributed by atoms with E-state index in [0.717, 1.165) is 11.8 Å². The second-order valence-corrected chi connectivity index (χ2v) is 9.81. The number of benzene rings is 1. The van der Waals surface area contributed by atoms with Gasteiger partial charge < -0.3 is 14.5 Å². The Labute approximate surface area is 204 Å². The Hall–Kier alpha value is -3.96. The second kappa shape index (κ2) is 8.61. The van der Waals surface area contributed by atoms with Gasteiger partial charge in [-0.25, -0.2) is 22.9 Å². The number of imidazole rings is 1. The molecule has 0 saturated carbocycles. The Morgan fingerprint density at radius 2 is 1.86 bits per heavy atom. The summed E-state index contributed by atoms with van der Waals surface area (Å²) in [6.45, 7) is 5.18. The molecular weight excluding hydrogens is 475 g/mol. The number of alkyl carbamates (subject to hydrolysis) is 1. The van der Waals surface area contributed by atoms with Gasteiger partial charge in [-0.05, 0) is 49.7 Å². The van der Waals surface area contributed by atoms with Crippen LogP contribution < -0.4 is 5.32 Å². The quantitative estimate of drug-likeness (QED) is 0.432. The molecular formula is C24H24F3N7O2. The maximum absolute atomic E-state index is 14.8. The number of hydrogen-bond donors (Lipinski definition) is 1. The maximum atomic E-state index is 14.8. The molecule has 12 heteroatoms. The first-order valence-electron chi connectivity index (χ1n) is 11.4. The van der Waals surface area contributed by atoms with E-state index in [4.69, 9.17) is 9.72 Å². The average Bonchev–Trinajstić information content (AvgIpc) is 3.37. The van der Waals surface area contributed by atoms with Crippen LogP contribution in [0.3, 0.4) is 0 Å². The van der Waals surface area contributed by atoms with E-state index in [0.29, 0.717) is 28.8 Å². The van der Waals surface area contributed by atoms with Crippen molar-refractivity contribution in [3.8, 4) is 11.4 Å². The van der Waals surface area contributed by atoms with Crippen molar-refractivity contribution < 1.29 is 22.7 Å². The number of pyridine rings is 1. The van der Waals surface area contributed by atoms with Crippen LogP contribution in [0, 0.1) is 17.5 Å². The molecule has 1 N–H and O–H groups in total. The number of aryl methyl sites for hydroxylation is 1. The molecule has 5 rings (SSSR count). The lowest BCUT2D eigenvalue weighted by atomic mass is 9.80. The van der Waals surface area contributed by atoms with Crippen LogP contribution in [0.15, 0.2) is 30.5 Å². The van der Waals surface area contributed by atoms with Crippen LogP contribution in [-0.2, 0) is 24.6 Å². The van der Waals surface area contributed by atoms with Gasteiger partial charge in [0.25, 0.3) is 0 Å². The number of halogens is 3. The highest BCUT2D eigenvalue weighted by molar-refractivity contribution is 5.68. The monoisotopic (exact) mass is 499 g/mol. The molecule has 4 aromatic rings. The number of carbonyl (C=O) groups excluding carboxylic acids is 1. The molecule has 1 amide bonds. The van der Waals surface area contributed by atoms with Crippen molar-refractivity contribution in [1.82, 2.24) is 34.9 Å². The van der Waals surface area contributed by atoms with Gasteiger partial charge in [-0.15, -0.1) is 10.2 Å². The van der Waals surface area contributed by atoms with E-state index < -0.39 is 41.1 Å². The van der Waals surface area contributed by atoms with E-state index in [1.807, 2.05) is 16.7 Å². The van der Waals surface area contributed by atoms with Crippen molar-refractivity contribution in [2.24, 2.45) is 7.05 Å². The van der Waals surface area contributed by atoms with Crippen LogP contribution in [0.25, 0.3) is 17.0 Å². The van der Waals surface area contributed by atoms with Crippen molar-refractivity contribution in [2.75, 3.05) is 0 Å². The molecule has 2 unspecified atom stereocenters. The zero-order chi connectivity index (χ0) is 25.8. The summed E-state index contributed by atoms with van der Waals surface area (Å²) >= 11 is 0. The Morgan fingerprint density at radius 3 is 2.56 bits per heavy atom. The van der Waals surface area contributed by atoms with Crippen LogP contribution in [0.4, 0.5) is 18.0 Å². The topological polar surface area (TPSA) is 99.2 Å². The highest BCUT2D eigenvalue weighted by atomic mass is 19.2. The largest absolute Gasteiger partial charge is 0.444 e. The molecule has 9 nitrogen and oxygen atoms in total. The summed E-state index contributed by atoms with van der Waals surface area (Å²) in [4.78, 5) is 18.7. The third kappa shape index (κ3) is 4.50. The summed E-state index contributed by atoms with van der Waals surface area (Å²) < 4.78 is 49.8. The van der Waals surface area contributed by atoms with Crippen LogP contribution in [0.5, 0.6) is 0 Å². The number of carbonyl (C=O) groups is 1. The van der Waals surface area contributed by atoms with Gasteiger partial charge >= 0.3 is 6.09 Å².